The van der Waals surface area contributed by atoms with Crippen molar-refractivity contribution >= 4 is 33.3 Å². The van der Waals surface area contributed by atoms with E-state index in [9.17, 15) is 43.2 Å². The first-order valence-electron chi connectivity index (χ1n) is 12.9. The molecule has 0 bridgehead atoms. The second-order valence-electron chi connectivity index (χ2n) is 11.0. The average Bonchev–Trinajstić information content (AvgIpc) is 3.23. The minimum absolute atomic E-state index is 0.0192. The quantitative estimate of drug-likeness (QED) is 0.241. The Morgan fingerprint density at radius 3 is 2.45 bits per heavy atom. The highest BCUT2D eigenvalue weighted by Crippen LogP contribution is 2.53. The smallest absolute Gasteiger partial charge is 0.255 e. The number of Topliss-reactive ketones (excluding diaryl/α,β-unsaturated/α-hetero) is 2. The van der Waals surface area contributed by atoms with E-state index in [2.05, 4.69) is 9.88 Å². The van der Waals surface area contributed by atoms with Gasteiger partial charge in [-0.05, 0) is 63.9 Å². The number of nitrogens with one attached hydrogen (secondary N) is 1. The minimum Gasteiger partial charge on any atom is -0.508 e. The van der Waals surface area contributed by atoms with Crippen molar-refractivity contribution in [2.24, 2.45) is 17.6 Å². The van der Waals surface area contributed by atoms with E-state index >= 15 is 0 Å². The number of aliphatic hydroxyl groups is 3. The summed E-state index contributed by atoms with van der Waals surface area (Å²) in [5.41, 5.74) is 2.15. The summed E-state index contributed by atoms with van der Waals surface area (Å²) < 4.78 is 33.5. The lowest BCUT2D eigenvalue weighted by Crippen LogP contribution is -2.65. The second-order valence-corrected chi connectivity index (χ2v) is 12.7. The number of carbonyl (C=O) groups is 3. The first-order valence-corrected chi connectivity index (χ1v) is 14.4. The molecule has 0 radical (unpaired) electrons. The van der Waals surface area contributed by atoms with E-state index in [0.29, 0.717) is 11.1 Å². The van der Waals surface area contributed by atoms with Gasteiger partial charge >= 0.3 is 0 Å². The number of amides is 1. The van der Waals surface area contributed by atoms with Gasteiger partial charge in [0.1, 0.15) is 33.4 Å². The number of sulfonamides is 1. The maximum atomic E-state index is 13.9. The molecule has 1 aromatic heterocycles. The monoisotopic (exact) mass is 602 g/mol. The van der Waals surface area contributed by atoms with Crippen molar-refractivity contribution in [3.8, 4) is 5.75 Å². The van der Waals surface area contributed by atoms with Crippen LogP contribution in [0.3, 0.4) is 0 Å². The first kappa shape index (κ1) is 29.4. The SMILES string of the molecule is Cc1noc(C)c1S(=O)(=O)NCc1ccc(O)c2c1C[C@@H]1C[C@@H]3[C@@H](N(C)C)C(=O)C(C(N)=O)=C(O)[C@@]3(O)C(=O)C1=C2O. The van der Waals surface area contributed by atoms with Crippen molar-refractivity contribution in [2.75, 3.05) is 14.1 Å². The number of likely N-dealkylation sites (N-methyl/N-ethyl adjacent to an activating group) is 1. The maximum Gasteiger partial charge on any atom is 0.255 e. The summed E-state index contributed by atoms with van der Waals surface area (Å²) in [4.78, 5) is 40.5. The number of hydrogen-bond donors (Lipinski definition) is 6. The average molecular weight is 603 g/mol. The number of benzene rings is 1. The number of phenolic OH excluding ortho intramolecular Hbond substituents is 1. The number of aryl methyl sites for hydroxylation is 2. The summed E-state index contributed by atoms with van der Waals surface area (Å²) in [7, 11) is -1.05. The summed E-state index contributed by atoms with van der Waals surface area (Å²) in [6.45, 7) is 2.68. The van der Waals surface area contributed by atoms with E-state index in [4.69, 9.17) is 10.3 Å². The predicted molar refractivity (Wildman–Crippen MR) is 144 cm³/mol. The number of nitrogens with zero attached hydrogens (tertiary/aromatic N) is 2. The molecule has 3 aliphatic carbocycles. The van der Waals surface area contributed by atoms with Crippen LogP contribution in [0.1, 0.15) is 34.6 Å². The maximum absolute atomic E-state index is 13.9. The molecule has 1 fully saturated rings. The van der Waals surface area contributed by atoms with Gasteiger partial charge in [0.15, 0.2) is 17.1 Å². The number of aliphatic hydroxyl groups excluding tert-OH is 2. The van der Waals surface area contributed by atoms with E-state index in [1.807, 2.05) is 0 Å². The molecule has 0 saturated heterocycles. The summed E-state index contributed by atoms with van der Waals surface area (Å²) >= 11 is 0. The molecule has 224 valence electrons. The lowest BCUT2D eigenvalue weighted by atomic mass is 9.57. The van der Waals surface area contributed by atoms with Crippen LogP contribution in [-0.2, 0) is 37.4 Å². The number of fused-ring (bicyclic) bond motifs is 3. The van der Waals surface area contributed by atoms with Gasteiger partial charge in [0, 0.05) is 18.0 Å². The van der Waals surface area contributed by atoms with Gasteiger partial charge in [-0.25, -0.2) is 13.1 Å². The van der Waals surface area contributed by atoms with Crippen molar-refractivity contribution in [3.63, 3.8) is 0 Å². The molecule has 14 nitrogen and oxygen atoms in total. The zero-order chi connectivity index (χ0) is 31.0. The molecule has 1 saturated carbocycles. The van der Waals surface area contributed by atoms with E-state index in [0.717, 1.165) is 0 Å². The number of carbonyl (C=O) groups excluding carboxylic acids is 3. The molecule has 42 heavy (non-hydrogen) atoms. The molecular weight excluding hydrogens is 572 g/mol. The Bertz CT molecular complexity index is 1720. The van der Waals surface area contributed by atoms with Crippen LogP contribution in [0.4, 0.5) is 0 Å². The zero-order valence-electron chi connectivity index (χ0n) is 23.1. The number of nitrogens with two attached hydrogens (primary N) is 1. The van der Waals surface area contributed by atoms with Gasteiger partial charge in [-0.15, -0.1) is 0 Å². The van der Waals surface area contributed by atoms with E-state index in [1.165, 1.54) is 45.0 Å². The largest absolute Gasteiger partial charge is 0.508 e. The summed E-state index contributed by atoms with van der Waals surface area (Å²) in [5, 5.41) is 48.3. The minimum atomic E-state index is -4.07. The topological polar surface area (TPSA) is 234 Å². The Labute approximate surface area is 240 Å². The Morgan fingerprint density at radius 2 is 1.88 bits per heavy atom. The van der Waals surface area contributed by atoms with Gasteiger partial charge in [0.25, 0.3) is 5.91 Å². The number of aromatic nitrogens is 1. The normalized spacial score (nSPS) is 25.9. The second kappa shape index (κ2) is 9.76. The van der Waals surface area contributed by atoms with Crippen molar-refractivity contribution < 1.29 is 47.8 Å². The van der Waals surface area contributed by atoms with E-state index in [-0.39, 0.29) is 46.9 Å². The summed E-state index contributed by atoms with van der Waals surface area (Å²) in [6, 6.07) is 1.49. The van der Waals surface area contributed by atoms with E-state index in [1.54, 1.807) is 0 Å². The van der Waals surface area contributed by atoms with Gasteiger partial charge in [-0.3, -0.25) is 19.3 Å². The van der Waals surface area contributed by atoms with Gasteiger partial charge in [-0.1, -0.05) is 11.2 Å². The highest BCUT2D eigenvalue weighted by Gasteiger charge is 2.64. The lowest BCUT2D eigenvalue weighted by Gasteiger charge is -2.50. The van der Waals surface area contributed by atoms with Crippen LogP contribution in [0.2, 0.25) is 0 Å². The van der Waals surface area contributed by atoms with Gasteiger partial charge in [0.05, 0.1) is 11.6 Å². The molecule has 1 aromatic carbocycles. The molecule has 2 aromatic rings. The zero-order valence-corrected chi connectivity index (χ0v) is 23.9. The van der Waals surface area contributed by atoms with Crippen LogP contribution >= 0.6 is 0 Å². The highest BCUT2D eigenvalue weighted by molar-refractivity contribution is 7.89. The third-order valence-corrected chi connectivity index (χ3v) is 10.0. The fourth-order valence-corrected chi connectivity index (χ4v) is 7.91. The first-order chi connectivity index (χ1) is 19.5. The predicted octanol–water partition coefficient (Wildman–Crippen LogP) is 0.0473. The van der Waals surface area contributed by atoms with Crippen LogP contribution in [0, 0.1) is 25.7 Å². The number of ketones is 2. The molecule has 0 aliphatic heterocycles. The molecule has 15 heteroatoms. The Morgan fingerprint density at radius 1 is 1.21 bits per heavy atom. The van der Waals surface area contributed by atoms with Crippen LogP contribution in [0.15, 0.2) is 38.5 Å². The number of hydrogen-bond acceptors (Lipinski definition) is 12. The molecule has 1 amide bonds. The number of rotatable bonds is 6. The van der Waals surface area contributed by atoms with Crippen LogP contribution in [0.25, 0.3) is 5.76 Å². The molecule has 0 unspecified atom stereocenters. The highest BCUT2D eigenvalue weighted by atomic mass is 32.2. The molecule has 7 N–H and O–H groups in total. The summed E-state index contributed by atoms with van der Waals surface area (Å²) in [5.74, 6) is -7.48. The Kier molecular flexibility index (Phi) is 6.84. The van der Waals surface area contributed by atoms with Gasteiger partial charge < -0.3 is 30.7 Å². The molecule has 0 spiro atoms. The Hall–Kier alpha value is -4.05. The molecule has 1 heterocycles. The van der Waals surface area contributed by atoms with Gasteiger partial charge in [-0.2, -0.15) is 0 Å². The van der Waals surface area contributed by atoms with Crippen molar-refractivity contribution in [1.29, 1.82) is 0 Å². The van der Waals surface area contributed by atoms with Crippen LogP contribution in [-0.4, -0.2) is 82.1 Å². The Balaban J connectivity index is 1.61. The standard InChI is InChI=1S/C27H30N4O10S/c1-10-23(11(2)41-30-10)42(39,40)29-9-12-5-6-16(32)18-14(12)7-13-8-15-20(31(3)4)22(34)19(26(28)37)25(36)27(15,38)24(35)17(13)21(18)33/h5-6,13,15,20,29,32-33,36,38H,7-9H2,1-4H3,(H2,28,37)/t13-,15-,20-,27+/m1/s1. The lowest BCUT2D eigenvalue weighted by molar-refractivity contribution is -0.153. The number of primary amides is 1. The fourth-order valence-electron chi connectivity index (χ4n) is 6.58. The van der Waals surface area contributed by atoms with Crippen molar-refractivity contribution in [2.45, 2.75) is 49.8 Å². The fraction of sp³-hybridized carbons (Fsp3) is 0.407. The van der Waals surface area contributed by atoms with Crippen LogP contribution < -0.4 is 10.5 Å². The van der Waals surface area contributed by atoms with E-state index < -0.39 is 73.8 Å². The van der Waals surface area contributed by atoms with Crippen molar-refractivity contribution in [3.05, 3.63) is 57.2 Å². The molecule has 4 atom stereocenters. The summed E-state index contributed by atoms with van der Waals surface area (Å²) in [6.07, 6.45) is -0.0724. The third kappa shape index (κ3) is 4.06. The van der Waals surface area contributed by atoms with Crippen molar-refractivity contribution in [1.82, 2.24) is 14.8 Å². The number of aromatic hydroxyl groups is 1. The van der Waals surface area contributed by atoms with Crippen LogP contribution in [0.5, 0.6) is 5.75 Å². The van der Waals surface area contributed by atoms with Gasteiger partial charge in [0.2, 0.25) is 15.8 Å². The third-order valence-electron chi connectivity index (χ3n) is 8.39. The molecule has 3 aliphatic rings. The molecule has 5 rings (SSSR count). The number of phenols is 1. The molecular formula is C27H30N4O10S.